The fourth-order valence-corrected chi connectivity index (χ4v) is 4.83. The summed E-state index contributed by atoms with van der Waals surface area (Å²) in [6, 6.07) is 9.41. The molecular weight excluding hydrogens is 306 g/mol. The van der Waals surface area contributed by atoms with E-state index in [-0.39, 0.29) is 11.3 Å². The average Bonchev–Trinajstić information content (AvgIpc) is 2.77. The van der Waals surface area contributed by atoms with Crippen LogP contribution in [0.2, 0.25) is 0 Å². The van der Waals surface area contributed by atoms with Gasteiger partial charge in [0.1, 0.15) is 0 Å². The second-order valence-corrected chi connectivity index (χ2v) is 7.21. The Morgan fingerprint density at radius 2 is 2.19 bits per heavy atom. The number of thioether (sulfide) groups is 2. The van der Waals surface area contributed by atoms with Crippen LogP contribution in [0.3, 0.4) is 0 Å². The summed E-state index contributed by atoms with van der Waals surface area (Å²) in [4.78, 5) is 25.1. The molecule has 0 radical (unpaired) electrons. The van der Waals surface area contributed by atoms with E-state index in [9.17, 15) is 14.7 Å². The number of benzene rings is 1. The van der Waals surface area contributed by atoms with Crippen LogP contribution in [0.4, 0.5) is 0 Å². The highest BCUT2D eigenvalue weighted by molar-refractivity contribution is 8.04. The lowest BCUT2D eigenvalue weighted by Crippen LogP contribution is -2.53. The van der Waals surface area contributed by atoms with Crippen LogP contribution in [-0.2, 0) is 15.3 Å². The van der Waals surface area contributed by atoms with Crippen molar-refractivity contribution in [3.05, 3.63) is 46.9 Å². The first kappa shape index (κ1) is 14.5. The van der Waals surface area contributed by atoms with Crippen LogP contribution in [0.5, 0.6) is 0 Å². The maximum atomic E-state index is 11.5. The van der Waals surface area contributed by atoms with Gasteiger partial charge in [-0.1, -0.05) is 36.4 Å². The Labute approximate surface area is 131 Å². The lowest BCUT2D eigenvalue weighted by molar-refractivity contribution is -0.154. The van der Waals surface area contributed by atoms with Crippen molar-refractivity contribution in [1.29, 1.82) is 0 Å². The summed E-state index contributed by atoms with van der Waals surface area (Å²) >= 11 is 3.26. The topological polar surface area (TPSA) is 57.6 Å². The minimum Gasteiger partial charge on any atom is -0.479 e. The van der Waals surface area contributed by atoms with Gasteiger partial charge in [0, 0.05) is 16.4 Å². The van der Waals surface area contributed by atoms with E-state index < -0.39 is 12.0 Å². The van der Waals surface area contributed by atoms with Crippen molar-refractivity contribution in [1.82, 2.24) is 4.90 Å². The molecule has 6 heteroatoms. The first-order valence-corrected chi connectivity index (χ1v) is 8.72. The van der Waals surface area contributed by atoms with Crippen LogP contribution in [-0.4, -0.2) is 39.1 Å². The molecule has 4 nitrogen and oxygen atoms in total. The Bertz CT molecular complexity index is 588. The monoisotopic (exact) mass is 321 g/mol. The predicted molar refractivity (Wildman–Crippen MR) is 85.0 cm³/mol. The van der Waals surface area contributed by atoms with E-state index in [2.05, 4.69) is 12.1 Å². The van der Waals surface area contributed by atoms with E-state index in [1.54, 1.807) is 11.8 Å². The Morgan fingerprint density at radius 3 is 2.86 bits per heavy atom. The van der Waals surface area contributed by atoms with Gasteiger partial charge in [-0.05, 0) is 5.56 Å². The van der Waals surface area contributed by atoms with Gasteiger partial charge in [0.25, 0.3) is 0 Å². The molecule has 3 rings (SSSR count). The van der Waals surface area contributed by atoms with Crippen LogP contribution in [0.15, 0.2) is 41.3 Å². The van der Waals surface area contributed by atoms with E-state index in [1.807, 2.05) is 24.3 Å². The number of aliphatic carboxylic acids is 1. The zero-order valence-corrected chi connectivity index (χ0v) is 12.9. The predicted octanol–water partition coefficient (Wildman–Crippen LogP) is 2.56. The third-order valence-electron chi connectivity index (χ3n) is 3.52. The SMILES string of the molecule is O=C(O)C1/C(=C/CSCc2ccccc2)SC2CC(=O)N21. The molecule has 2 saturated heterocycles. The fourth-order valence-electron chi connectivity index (χ4n) is 2.46. The number of fused-ring (bicyclic) bond motifs is 1. The molecule has 1 aromatic rings. The van der Waals surface area contributed by atoms with Gasteiger partial charge in [-0.3, -0.25) is 4.79 Å². The van der Waals surface area contributed by atoms with Gasteiger partial charge in [-0.15, -0.1) is 11.8 Å². The number of nitrogens with zero attached hydrogens (tertiary/aromatic N) is 1. The Hall–Kier alpha value is -1.40. The third kappa shape index (κ3) is 2.96. The van der Waals surface area contributed by atoms with Gasteiger partial charge in [0.05, 0.1) is 11.8 Å². The standard InChI is InChI=1S/C15H15NO3S2/c17-12-8-13-16(12)14(15(18)19)11(21-13)6-7-20-9-10-4-2-1-3-5-10/h1-6,13-14H,7-9H2,(H,18,19)/b11-6-. The minimum absolute atomic E-state index is 0.0315. The third-order valence-corrected chi connectivity index (χ3v) is 5.78. The molecule has 110 valence electrons. The number of β-lactam (4-membered cyclic amide) rings is 1. The van der Waals surface area contributed by atoms with Crippen molar-refractivity contribution < 1.29 is 14.7 Å². The average molecular weight is 321 g/mol. The summed E-state index contributed by atoms with van der Waals surface area (Å²) in [5, 5.41) is 9.33. The smallest absolute Gasteiger partial charge is 0.331 e. The van der Waals surface area contributed by atoms with Crippen molar-refractivity contribution in [3.63, 3.8) is 0 Å². The molecule has 2 unspecified atom stereocenters. The second-order valence-electron chi connectivity index (χ2n) is 4.93. The van der Waals surface area contributed by atoms with E-state index in [1.165, 1.54) is 22.2 Å². The highest BCUT2D eigenvalue weighted by Crippen LogP contribution is 2.46. The maximum Gasteiger partial charge on any atom is 0.331 e. The molecule has 0 aromatic heterocycles. The summed E-state index contributed by atoms with van der Waals surface area (Å²) in [5.74, 6) is 0.673. The molecule has 2 heterocycles. The number of hydrogen-bond donors (Lipinski definition) is 1. The summed E-state index contributed by atoms with van der Waals surface area (Å²) in [5.41, 5.74) is 1.26. The van der Waals surface area contributed by atoms with Crippen LogP contribution in [0, 0.1) is 0 Å². The number of rotatable bonds is 5. The lowest BCUT2D eigenvalue weighted by Gasteiger charge is -2.35. The van der Waals surface area contributed by atoms with E-state index in [4.69, 9.17) is 0 Å². The molecule has 2 aliphatic rings. The zero-order chi connectivity index (χ0) is 14.8. The molecule has 1 N–H and O–H groups in total. The molecule has 0 spiro atoms. The Morgan fingerprint density at radius 1 is 1.43 bits per heavy atom. The molecular formula is C15H15NO3S2. The van der Waals surface area contributed by atoms with Crippen LogP contribution >= 0.6 is 23.5 Å². The Balaban J connectivity index is 1.58. The van der Waals surface area contributed by atoms with Gasteiger partial charge in [0.15, 0.2) is 6.04 Å². The quantitative estimate of drug-likeness (QED) is 0.667. The molecule has 21 heavy (non-hydrogen) atoms. The number of hydrogen-bond acceptors (Lipinski definition) is 4. The van der Waals surface area contributed by atoms with Crippen LogP contribution in [0.1, 0.15) is 12.0 Å². The maximum absolute atomic E-state index is 11.5. The van der Waals surface area contributed by atoms with Crippen molar-refractivity contribution in [2.75, 3.05) is 5.75 Å². The number of carboxylic acid groups (broad SMARTS) is 1. The van der Waals surface area contributed by atoms with E-state index in [0.29, 0.717) is 6.42 Å². The number of carbonyl (C=O) groups excluding carboxylic acids is 1. The molecule has 0 aliphatic carbocycles. The van der Waals surface area contributed by atoms with E-state index in [0.717, 1.165) is 16.4 Å². The molecule has 1 amide bonds. The number of amides is 1. The summed E-state index contributed by atoms with van der Waals surface area (Å²) in [7, 11) is 0. The van der Waals surface area contributed by atoms with Gasteiger partial charge >= 0.3 is 5.97 Å². The van der Waals surface area contributed by atoms with Gasteiger partial charge in [0.2, 0.25) is 5.91 Å². The van der Waals surface area contributed by atoms with Crippen molar-refractivity contribution in [3.8, 4) is 0 Å². The summed E-state index contributed by atoms with van der Waals surface area (Å²) in [6.45, 7) is 0. The molecule has 2 aliphatic heterocycles. The van der Waals surface area contributed by atoms with Crippen LogP contribution < -0.4 is 0 Å². The van der Waals surface area contributed by atoms with Crippen LogP contribution in [0.25, 0.3) is 0 Å². The highest BCUT2D eigenvalue weighted by Gasteiger charge is 2.52. The largest absolute Gasteiger partial charge is 0.479 e. The molecule has 1 aromatic carbocycles. The van der Waals surface area contributed by atoms with Crippen molar-refractivity contribution in [2.24, 2.45) is 0 Å². The normalized spacial score (nSPS) is 25.8. The Kier molecular flexibility index (Phi) is 4.26. The molecule has 2 atom stereocenters. The van der Waals surface area contributed by atoms with Gasteiger partial charge < -0.3 is 10.0 Å². The zero-order valence-electron chi connectivity index (χ0n) is 11.3. The first-order chi connectivity index (χ1) is 10.2. The second kappa shape index (κ2) is 6.15. The lowest BCUT2D eigenvalue weighted by atomic mass is 10.1. The number of carbonyl (C=O) groups is 2. The summed E-state index contributed by atoms with van der Waals surface area (Å²) < 4.78 is 0. The highest BCUT2D eigenvalue weighted by atomic mass is 32.2. The fraction of sp³-hybridized carbons (Fsp3) is 0.333. The van der Waals surface area contributed by atoms with Gasteiger partial charge in [-0.2, -0.15) is 11.8 Å². The minimum atomic E-state index is -0.933. The van der Waals surface area contributed by atoms with Gasteiger partial charge in [-0.25, -0.2) is 4.79 Å². The molecule has 0 saturated carbocycles. The molecule has 2 fully saturated rings. The van der Waals surface area contributed by atoms with Crippen molar-refractivity contribution >= 4 is 35.4 Å². The summed E-state index contributed by atoms with van der Waals surface area (Å²) in [6.07, 6.45) is 2.42. The first-order valence-electron chi connectivity index (χ1n) is 6.69. The van der Waals surface area contributed by atoms with E-state index >= 15 is 0 Å². The van der Waals surface area contributed by atoms with Crippen molar-refractivity contribution in [2.45, 2.75) is 23.6 Å². The molecule has 0 bridgehead atoms. The number of carboxylic acids is 1.